The van der Waals surface area contributed by atoms with E-state index in [1.807, 2.05) is 11.0 Å². The van der Waals surface area contributed by atoms with Crippen LogP contribution in [0, 0.1) is 0 Å². The van der Waals surface area contributed by atoms with Crippen LogP contribution in [0.3, 0.4) is 0 Å². The maximum Gasteiger partial charge on any atom is 0.236 e. The Bertz CT molecular complexity index is 773. The monoisotopic (exact) mass is 330 g/mol. The molecule has 23 heavy (non-hydrogen) atoms. The van der Waals surface area contributed by atoms with Crippen LogP contribution in [0.15, 0.2) is 12.3 Å². The van der Waals surface area contributed by atoms with Crippen molar-refractivity contribution < 1.29 is 9.53 Å². The number of rotatable bonds is 2. The first-order valence-electron chi connectivity index (χ1n) is 7.76. The minimum absolute atomic E-state index is 0.113. The summed E-state index contributed by atoms with van der Waals surface area (Å²) in [5.41, 5.74) is 8.73. The second-order valence-electron chi connectivity index (χ2n) is 5.90. The van der Waals surface area contributed by atoms with Gasteiger partial charge in [0.2, 0.25) is 11.8 Å². The van der Waals surface area contributed by atoms with E-state index in [1.54, 1.807) is 13.3 Å². The number of fused-ring (bicyclic) bond motifs is 2. The van der Waals surface area contributed by atoms with Crippen molar-refractivity contribution >= 4 is 28.1 Å². The maximum absolute atomic E-state index is 13.1. The Hall–Kier alpha value is -2.15. The van der Waals surface area contributed by atoms with Gasteiger partial charge in [0.25, 0.3) is 0 Å². The average molecular weight is 330 g/mol. The molecule has 2 aromatic rings. The van der Waals surface area contributed by atoms with Crippen LogP contribution in [-0.4, -0.2) is 29.5 Å². The second-order valence-corrected chi connectivity index (χ2v) is 7.02. The van der Waals surface area contributed by atoms with Crippen LogP contribution in [-0.2, 0) is 17.6 Å². The zero-order valence-electron chi connectivity index (χ0n) is 12.9. The Kier molecular flexibility index (Phi) is 3.45. The van der Waals surface area contributed by atoms with E-state index < -0.39 is 0 Å². The third kappa shape index (κ3) is 2.35. The molecule has 2 aromatic heterocycles. The van der Waals surface area contributed by atoms with Crippen molar-refractivity contribution in [3.05, 3.63) is 28.4 Å². The van der Waals surface area contributed by atoms with Crippen LogP contribution in [0.4, 0.5) is 10.8 Å². The minimum Gasteiger partial charge on any atom is -0.481 e. The largest absolute Gasteiger partial charge is 0.481 e. The number of aromatic nitrogens is 2. The minimum atomic E-state index is -0.180. The van der Waals surface area contributed by atoms with Gasteiger partial charge in [-0.2, -0.15) is 0 Å². The summed E-state index contributed by atoms with van der Waals surface area (Å²) in [5.74, 6) is 0.521. The summed E-state index contributed by atoms with van der Waals surface area (Å²) < 4.78 is 5.16. The molecule has 1 aliphatic heterocycles. The topological polar surface area (TPSA) is 81.3 Å². The molecule has 4 rings (SSSR count). The van der Waals surface area contributed by atoms with E-state index in [2.05, 4.69) is 9.97 Å². The molecular weight excluding hydrogens is 312 g/mol. The summed E-state index contributed by atoms with van der Waals surface area (Å²) in [6, 6.07) is 1.91. The number of aryl methyl sites for hydroxylation is 1. The number of anilines is 2. The lowest BCUT2D eigenvalue weighted by Crippen LogP contribution is -2.35. The molecule has 0 saturated carbocycles. The van der Waals surface area contributed by atoms with Gasteiger partial charge in [0.05, 0.1) is 30.6 Å². The molecule has 1 atom stereocenters. The first kappa shape index (κ1) is 14.4. The number of nitrogens with two attached hydrogens (primary N) is 1. The number of methoxy groups -OCH3 is 1. The maximum atomic E-state index is 13.1. The first-order valence-corrected chi connectivity index (χ1v) is 8.58. The highest BCUT2D eigenvalue weighted by Gasteiger charge is 2.36. The van der Waals surface area contributed by atoms with Gasteiger partial charge in [0.1, 0.15) is 0 Å². The van der Waals surface area contributed by atoms with Gasteiger partial charge in [0, 0.05) is 17.5 Å². The van der Waals surface area contributed by atoms with Crippen LogP contribution in [0.25, 0.3) is 0 Å². The average Bonchev–Trinajstić information content (AvgIpc) is 3.15. The van der Waals surface area contributed by atoms with Gasteiger partial charge >= 0.3 is 0 Å². The van der Waals surface area contributed by atoms with Crippen molar-refractivity contribution in [2.24, 2.45) is 0 Å². The van der Waals surface area contributed by atoms with Crippen molar-refractivity contribution in [3.8, 4) is 5.88 Å². The highest BCUT2D eigenvalue weighted by atomic mass is 32.1. The van der Waals surface area contributed by atoms with Gasteiger partial charge in [-0.25, -0.2) is 9.97 Å². The molecule has 1 amide bonds. The molecule has 0 radical (unpaired) electrons. The zero-order chi connectivity index (χ0) is 16.0. The Balaban J connectivity index is 1.65. The smallest absolute Gasteiger partial charge is 0.236 e. The number of pyridine rings is 1. The number of hydrogen-bond donors (Lipinski definition) is 1. The number of nitrogen functional groups attached to an aromatic ring is 1. The lowest BCUT2D eigenvalue weighted by molar-refractivity contribution is -0.120. The van der Waals surface area contributed by atoms with E-state index in [0.717, 1.165) is 42.6 Å². The number of carbonyl (C=O) groups excluding carboxylic acids is 1. The zero-order valence-corrected chi connectivity index (χ0v) is 13.7. The molecule has 1 unspecified atom stereocenters. The molecule has 3 heterocycles. The predicted molar refractivity (Wildman–Crippen MR) is 89.1 cm³/mol. The van der Waals surface area contributed by atoms with E-state index in [-0.39, 0.29) is 11.8 Å². The summed E-state index contributed by atoms with van der Waals surface area (Å²) in [6.07, 6.45) is 5.39. The standard InChI is InChI=1S/C16H18N4O2S/c1-22-13-7-9-5-6-20(11(9)8-18-13)15(21)10-3-2-4-12-14(10)19-16(17)23-12/h7-8,10H,2-6H2,1H3,(H2,17,19). The van der Waals surface area contributed by atoms with E-state index >= 15 is 0 Å². The Morgan fingerprint density at radius 2 is 2.35 bits per heavy atom. The molecule has 2 N–H and O–H groups in total. The number of carbonyl (C=O) groups is 1. The van der Waals surface area contributed by atoms with Gasteiger partial charge in [-0.3, -0.25) is 4.79 Å². The fourth-order valence-corrected chi connectivity index (χ4v) is 4.41. The molecule has 0 fully saturated rings. The number of thiazole rings is 1. The van der Waals surface area contributed by atoms with Gasteiger partial charge in [-0.05, 0) is 31.2 Å². The number of hydrogen-bond acceptors (Lipinski definition) is 6. The van der Waals surface area contributed by atoms with Crippen LogP contribution in [0.5, 0.6) is 5.88 Å². The SMILES string of the molecule is COc1cc2c(cn1)N(C(=O)C1CCCc3sc(N)nc31)CC2. The number of nitrogens with zero attached hydrogens (tertiary/aromatic N) is 3. The number of amides is 1. The van der Waals surface area contributed by atoms with Gasteiger partial charge < -0.3 is 15.4 Å². The van der Waals surface area contributed by atoms with Crippen molar-refractivity contribution in [1.82, 2.24) is 9.97 Å². The van der Waals surface area contributed by atoms with Crippen molar-refractivity contribution in [2.45, 2.75) is 31.6 Å². The van der Waals surface area contributed by atoms with E-state index in [9.17, 15) is 4.79 Å². The molecule has 7 heteroatoms. The molecule has 120 valence electrons. The van der Waals surface area contributed by atoms with E-state index in [4.69, 9.17) is 10.5 Å². The summed E-state index contributed by atoms with van der Waals surface area (Å²) in [7, 11) is 1.60. The molecular formula is C16H18N4O2S. The van der Waals surface area contributed by atoms with Gasteiger partial charge in [0.15, 0.2) is 5.13 Å². The summed E-state index contributed by atoms with van der Waals surface area (Å²) in [4.78, 5) is 24.8. The fourth-order valence-electron chi connectivity index (χ4n) is 3.47. The summed E-state index contributed by atoms with van der Waals surface area (Å²) in [5, 5.41) is 0.558. The van der Waals surface area contributed by atoms with Crippen molar-refractivity contribution in [3.63, 3.8) is 0 Å². The van der Waals surface area contributed by atoms with Crippen LogP contribution < -0.4 is 15.4 Å². The van der Waals surface area contributed by atoms with Crippen LogP contribution in [0.1, 0.15) is 34.9 Å². The quantitative estimate of drug-likeness (QED) is 0.912. The fraction of sp³-hybridized carbons (Fsp3) is 0.438. The number of ether oxygens (including phenoxy) is 1. The lowest BCUT2D eigenvalue weighted by atomic mass is 9.90. The van der Waals surface area contributed by atoms with Gasteiger partial charge in [-0.15, -0.1) is 11.3 Å². The molecule has 2 aliphatic rings. The third-order valence-corrected chi connectivity index (χ3v) is 5.54. The Morgan fingerprint density at radius 1 is 1.48 bits per heavy atom. The van der Waals surface area contributed by atoms with Crippen molar-refractivity contribution in [1.29, 1.82) is 0 Å². The molecule has 1 aliphatic carbocycles. The molecule has 0 bridgehead atoms. The molecule has 0 spiro atoms. The highest BCUT2D eigenvalue weighted by Crippen LogP contribution is 2.39. The van der Waals surface area contributed by atoms with Crippen LogP contribution in [0.2, 0.25) is 0 Å². The van der Waals surface area contributed by atoms with E-state index in [1.165, 1.54) is 16.2 Å². The normalized spacial score (nSPS) is 19.3. The predicted octanol–water partition coefficient (Wildman–Crippen LogP) is 2.14. The Morgan fingerprint density at radius 3 is 3.17 bits per heavy atom. The molecule has 0 aromatic carbocycles. The van der Waals surface area contributed by atoms with E-state index in [0.29, 0.717) is 17.6 Å². The second kappa shape index (κ2) is 5.49. The third-order valence-electron chi connectivity index (χ3n) is 4.58. The van der Waals surface area contributed by atoms with Crippen molar-refractivity contribution in [2.75, 3.05) is 24.3 Å². The highest BCUT2D eigenvalue weighted by molar-refractivity contribution is 7.15. The van der Waals surface area contributed by atoms with Gasteiger partial charge in [-0.1, -0.05) is 0 Å². The summed E-state index contributed by atoms with van der Waals surface area (Å²) >= 11 is 1.51. The lowest BCUT2D eigenvalue weighted by Gasteiger charge is -2.26. The molecule has 6 nitrogen and oxygen atoms in total. The first-order chi connectivity index (χ1) is 11.2. The summed E-state index contributed by atoms with van der Waals surface area (Å²) in [6.45, 7) is 0.689. The van der Waals surface area contributed by atoms with Crippen LogP contribution >= 0.6 is 11.3 Å². The Labute approximate surface area is 138 Å². The molecule has 0 saturated heterocycles.